The van der Waals surface area contributed by atoms with Crippen molar-refractivity contribution >= 4 is 22.6 Å². The van der Waals surface area contributed by atoms with Crippen LogP contribution in [0.3, 0.4) is 0 Å². The highest BCUT2D eigenvalue weighted by Gasteiger charge is 2.53. The lowest BCUT2D eigenvalue weighted by Crippen LogP contribution is -2.31. The van der Waals surface area contributed by atoms with Gasteiger partial charge in [-0.25, -0.2) is 0 Å². The van der Waals surface area contributed by atoms with Crippen molar-refractivity contribution in [2.45, 2.75) is 9.98 Å². The predicted molar refractivity (Wildman–Crippen MR) is 33.1 cm³/mol. The lowest BCUT2D eigenvalue weighted by atomic mass is 10.6. The van der Waals surface area contributed by atoms with Crippen LogP contribution < -0.4 is 0 Å². The van der Waals surface area contributed by atoms with Crippen LogP contribution in [-0.4, -0.2) is 9.98 Å². The Morgan fingerprint density at radius 3 is 1.80 bits per heavy atom. The van der Waals surface area contributed by atoms with Crippen LogP contribution in [0.4, 0.5) is 17.6 Å². The molecule has 0 aromatic heterocycles. The van der Waals surface area contributed by atoms with Crippen LogP contribution in [0.5, 0.6) is 0 Å². The second kappa shape index (κ2) is 2.79. The summed E-state index contributed by atoms with van der Waals surface area (Å²) >= 11 is 0.195. The molecule has 3 nitrogen and oxygen atoms in total. The molecule has 0 saturated carbocycles. The molecule has 0 radical (unpaired) electrons. The monoisotopic (exact) mass is 269 g/mol. The Balaban J connectivity index is 4.56. The Labute approximate surface area is 66.2 Å². The first kappa shape index (κ1) is 9.76. The molecule has 0 N–H and O–H groups in total. The Kier molecular flexibility index (Phi) is 2.72. The van der Waals surface area contributed by atoms with E-state index in [2.05, 4.69) is 0 Å². The Morgan fingerprint density at radius 1 is 1.30 bits per heavy atom. The fraction of sp³-hybridized carbons (Fsp3) is 1.00. The van der Waals surface area contributed by atoms with Crippen molar-refractivity contribution in [3.8, 4) is 0 Å². The van der Waals surface area contributed by atoms with Crippen molar-refractivity contribution < 1.29 is 17.6 Å². The number of rotatable bonds is 2. The summed E-state index contributed by atoms with van der Waals surface area (Å²) in [6, 6.07) is -4.65. The van der Waals surface area contributed by atoms with Gasteiger partial charge in [0.2, 0.25) is 0 Å². The van der Waals surface area contributed by atoms with Gasteiger partial charge in [0.05, 0.1) is 0 Å². The van der Waals surface area contributed by atoms with Crippen molar-refractivity contribution in [1.82, 2.24) is 0 Å². The lowest BCUT2D eigenvalue weighted by molar-refractivity contribution is -0.134. The standard InChI is InChI=1S/C2F4IN3/c3-1(4,7)2(5,6)9-10-8. The minimum Gasteiger partial charge on any atom is -0.192 e. The molecule has 0 aromatic rings. The van der Waals surface area contributed by atoms with E-state index < -0.39 is 9.98 Å². The average Bonchev–Trinajstić information content (AvgIpc) is 1.61. The maximum Gasteiger partial charge on any atom is 0.396 e. The molecule has 0 heterocycles. The van der Waals surface area contributed by atoms with Gasteiger partial charge >= 0.3 is 9.98 Å². The summed E-state index contributed by atoms with van der Waals surface area (Å²) in [7, 11) is 0. The van der Waals surface area contributed by atoms with Crippen LogP contribution in [0.1, 0.15) is 0 Å². The van der Waals surface area contributed by atoms with Crippen molar-refractivity contribution in [3.05, 3.63) is 10.4 Å². The number of hydrogen-bond acceptors (Lipinski definition) is 1. The molecule has 8 heteroatoms. The molecule has 0 fully saturated rings. The normalized spacial score (nSPS) is 12.5. The van der Waals surface area contributed by atoms with E-state index in [4.69, 9.17) is 5.53 Å². The second-order valence-electron chi connectivity index (χ2n) is 1.23. The topological polar surface area (TPSA) is 48.8 Å². The molecular formula is C2F4IN3. The Hall–Kier alpha value is -0.240. The van der Waals surface area contributed by atoms with Crippen LogP contribution in [0.25, 0.3) is 10.4 Å². The third-order valence-electron chi connectivity index (χ3n) is 0.511. The molecule has 0 saturated heterocycles. The molecule has 0 rings (SSSR count). The van der Waals surface area contributed by atoms with E-state index in [1.165, 1.54) is 0 Å². The number of halogens is 5. The SMILES string of the molecule is [N-]=[N+]=NC(F)(F)C(F)(F)I. The van der Waals surface area contributed by atoms with E-state index in [1.54, 1.807) is 10.0 Å². The van der Waals surface area contributed by atoms with Gasteiger partial charge in [-0.3, -0.25) is 0 Å². The zero-order chi connectivity index (χ0) is 8.41. The Bertz CT molecular complexity index is 168. The zero-order valence-electron chi connectivity index (χ0n) is 4.23. The molecule has 0 spiro atoms. The van der Waals surface area contributed by atoms with E-state index in [9.17, 15) is 17.6 Å². The molecule has 0 amide bonds. The van der Waals surface area contributed by atoms with Crippen LogP contribution in [0, 0.1) is 0 Å². The third kappa shape index (κ3) is 2.18. The summed E-state index contributed by atoms with van der Waals surface area (Å²) in [6.45, 7) is 0. The van der Waals surface area contributed by atoms with Gasteiger partial charge in [0.25, 0.3) is 0 Å². The average molecular weight is 269 g/mol. The summed E-state index contributed by atoms with van der Waals surface area (Å²) < 4.78 is 42.5. The molecule has 10 heavy (non-hydrogen) atoms. The number of azide groups is 1. The van der Waals surface area contributed by atoms with Crippen LogP contribution in [0.15, 0.2) is 5.11 Å². The molecule has 0 aliphatic carbocycles. The first-order valence-electron chi connectivity index (χ1n) is 1.82. The van der Waals surface area contributed by atoms with E-state index in [0.29, 0.717) is 0 Å². The molecule has 0 atom stereocenters. The number of alkyl halides is 5. The van der Waals surface area contributed by atoms with E-state index in [1.807, 2.05) is 0 Å². The van der Waals surface area contributed by atoms with Crippen molar-refractivity contribution in [3.63, 3.8) is 0 Å². The first-order chi connectivity index (χ1) is 4.31. The van der Waals surface area contributed by atoms with Gasteiger partial charge in [0.15, 0.2) is 0 Å². The highest BCUT2D eigenvalue weighted by Crippen LogP contribution is 2.40. The first-order valence-corrected chi connectivity index (χ1v) is 2.90. The zero-order valence-corrected chi connectivity index (χ0v) is 6.39. The summed E-state index contributed by atoms with van der Waals surface area (Å²) in [5.74, 6) is 0. The fourth-order valence-electron chi connectivity index (χ4n) is 0.113. The molecule has 58 valence electrons. The van der Waals surface area contributed by atoms with Crippen molar-refractivity contribution in [2.24, 2.45) is 5.11 Å². The van der Waals surface area contributed by atoms with E-state index >= 15 is 0 Å². The summed E-state index contributed by atoms with van der Waals surface area (Å²) in [5, 5.41) is 1.62. The van der Waals surface area contributed by atoms with Crippen LogP contribution in [0.2, 0.25) is 0 Å². The summed E-state index contributed by atoms with van der Waals surface area (Å²) in [4.78, 5) is 1.56. The number of nitrogens with zero attached hydrogens (tertiary/aromatic N) is 3. The van der Waals surface area contributed by atoms with Crippen LogP contribution in [-0.2, 0) is 0 Å². The Morgan fingerprint density at radius 2 is 1.70 bits per heavy atom. The molecule has 0 aromatic carbocycles. The largest absolute Gasteiger partial charge is 0.396 e. The number of hydrogen-bond donors (Lipinski definition) is 0. The maximum atomic E-state index is 11.8. The molecule has 0 unspecified atom stereocenters. The molecule has 0 aliphatic rings. The van der Waals surface area contributed by atoms with E-state index in [0.717, 1.165) is 0 Å². The fourth-order valence-corrected chi connectivity index (χ4v) is 0.221. The van der Waals surface area contributed by atoms with Gasteiger partial charge in [-0.15, -0.1) is 0 Å². The minimum absolute atomic E-state index is 0.195. The smallest absolute Gasteiger partial charge is 0.192 e. The third-order valence-corrected chi connectivity index (χ3v) is 1.16. The molecular weight excluding hydrogens is 269 g/mol. The maximum absolute atomic E-state index is 11.8. The van der Waals surface area contributed by atoms with E-state index in [-0.39, 0.29) is 22.6 Å². The quantitative estimate of drug-likeness (QED) is 0.141. The highest BCUT2D eigenvalue weighted by molar-refractivity contribution is 14.1. The molecule has 0 bridgehead atoms. The van der Waals surface area contributed by atoms with Gasteiger partial charge in [-0.05, 0) is 10.6 Å². The highest BCUT2D eigenvalue weighted by atomic mass is 127. The van der Waals surface area contributed by atoms with Gasteiger partial charge in [-0.1, -0.05) is 0 Å². The van der Waals surface area contributed by atoms with Gasteiger partial charge < -0.3 is 0 Å². The summed E-state index contributed by atoms with van der Waals surface area (Å²) in [6.07, 6.45) is 0. The predicted octanol–water partition coefficient (Wildman–Crippen LogP) is 2.92. The second-order valence-corrected chi connectivity index (χ2v) is 2.58. The van der Waals surface area contributed by atoms with Crippen LogP contribution >= 0.6 is 22.6 Å². The minimum atomic E-state index is -4.65. The van der Waals surface area contributed by atoms with Crippen molar-refractivity contribution in [1.29, 1.82) is 0 Å². The van der Waals surface area contributed by atoms with Crippen molar-refractivity contribution in [2.75, 3.05) is 0 Å². The lowest BCUT2D eigenvalue weighted by Gasteiger charge is -2.14. The summed E-state index contributed by atoms with van der Waals surface area (Å²) in [5.41, 5.74) is 7.41. The van der Waals surface area contributed by atoms with Gasteiger partial charge in [-0.2, -0.15) is 17.6 Å². The van der Waals surface area contributed by atoms with Gasteiger partial charge in [0, 0.05) is 27.5 Å². The molecule has 0 aliphatic heterocycles. The van der Waals surface area contributed by atoms with Gasteiger partial charge in [0.1, 0.15) is 0 Å².